The number of aryl methyl sites for hydroxylation is 1. The predicted octanol–water partition coefficient (Wildman–Crippen LogP) is 5.72. The van der Waals surface area contributed by atoms with E-state index in [4.69, 9.17) is 24.5 Å². The van der Waals surface area contributed by atoms with Crippen LogP contribution >= 0.6 is 11.8 Å². The van der Waals surface area contributed by atoms with E-state index < -0.39 is 11.9 Å². The molecule has 0 spiro atoms. The van der Waals surface area contributed by atoms with Crippen molar-refractivity contribution >= 4 is 23.7 Å². The maximum Gasteiger partial charge on any atom is 0.414 e. The largest absolute Gasteiger partial charge is 0.492 e. The second-order valence-electron chi connectivity index (χ2n) is 10.2. The summed E-state index contributed by atoms with van der Waals surface area (Å²) in [4.78, 5) is 24.5. The Bertz CT molecular complexity index is 1260. The number of carboxylic acids is 2. The number of thioether (sulfide) groups is 1. The van der Waals surface area contributed by atoms with Crippen LogP contribution in [-0.4, -0.2) is 77.0 Å². The minimum Gasteiger partial charge on any atom is -0.492 e. The number of carboxylic acid groups (broad SMARTS) is 2. The van der Waals surface area contributed by atoms with Crippen molar-refractivity contribution in [1.82, 2.24) is 9.80 Å². The van der Waals surface area contributed by atoms with Gasteiger partial charge < -0.3 is 19.8 Å². The lowest BCUT2D eigenvalue weighted by molar-refractivity contribution is -0.159. The van der Waals surface area contributed by atoms with Crippen molar-refractivity contribution in [3.63, 3.8) is 0 Å². The van der Waals surface area contributed by atoms with Crippen molar-refractivity contribution in [3.8, 4) is 5.75 Å². The monoisotopic (exact) mass is 598 g/mol. The van der Waals surface area contributed by atoms with Gasteiger partial charge in [-0.2, -0.15) is 0 Å². The summed E-state index contributed by atoms with van der Waals surface area (Å²) in [5.74, 6) is -1.89. The number of hydrogen-bond acceptors (Lipinski definition) is 6. The zero-order chi connectivity index (χ0) is 29.9. The standard InChI is InChI=1S/C30H34F2N2OS.C2H2O4/c31-26-12-8-23(9-13-26)29(24-10-14-27(32)15-11-24)34-19-17-33(18-20-34)16-1-2-21-35-28-7-3-5-25-6-4-22-36-30(25)28;3-1(4)2(5)6/h3,5,7-15,29H,1-2,4,6,16-22H2;(H,3,4)(H,5,6). The van der Waals surface area contributed by atoms with E-state index in [1.807, 2.05) is 36.0 Å². The second kappa shape index (κ2) is 15.7. The van der Waals surface area contributed by atoms with Crippen molar-refractivity contribution in [3.05, 3.63) is 95.1 Å². The summed E-state index contributed by atoms with van der Waals surface area (Å²) in [6.07, 6.45) is 4.57. The van der Waals surface area contributed by atoms with Crippen LogP contribution in [-0.2, 0) is 16.0 Å². The summed E-state index contributed by atoms with van der Waals surface area (Å²) < 4.78 is 33.3. The Labute approximate surface area is 249 Å². The van der Waals surface area contributed by atoms with E-state index >= 15 is 0 Å². The molecule has 0 atom stereocenters. The fourth-order valence-electron chi connectivity index (χ4n) is 5.24. The lowest BCUT2D eigenvalue weighted by atomic mass is 9.96. The predicted molar refractivity (Wildman–Crippen MR) is 158 cm³/mol. The van der Waals surface area contributed by atoms with Crippen LogP contribution in [0, 0.1) is 11.6 Å². The first-order valence-electron chi connectivity index (χ1n) is 14.1. The minimum atomic E-state index is -1.82. The number of benzene rings is 3. The van der Waals surface area contributed by atoms with Crippen LogP contribution in [0.25, 0.3) is 0 Å². The van der Waals surface area contributed by atoms with Crippen LogP contribution < -0.4 is 4.74 Å². The fourth-order valence-corrected chi connectivity index (χ4v) is 6.36. The van der Waals surface area contributed by atoms with E-state index in [1.54, 1.807) is 0 Å². The zero-order valence-electron chi connectivity index (χ0n) is 23.4. The van der Waals surface area contributed by atoms with Gasteiger partial charge in [-0.1, -0.05) is 36.4 Å². The molecule has 0 bridgehead atoms. The molecule has 0 unspecified atom stereocenters. The van der Waals surface area contributed by atoms with E-state index in [2.05, 4.69) is 28.0 Å². The first kappa shape index (κ1) is 31.5. The van der Waals surface area contributed by atoms with Gasteiger partial charge in [-0.05, 0) is 85.0 Å². The molecule has 1 saturated heterocycles. The molecule has 0 radical (unpaired) electrons. The molecule has 2 heterocycles. The number of unbranched alkanes of at least 4 members (excludes halogenated alkanes) is 1. The van der Waals surface area contributed by atoms with Gasteiger partial charge in [-0.3, -0.25) is 4.90 Å². The second-order valence-corrected chi connectivity index (χ2v) is 11.4. The molecule has 3 aromatic rings. The molecule has 0 aromatic heterocycles. The normalized spacial score (nSPS) is 15.4. The highest BCUT2D eigenvalue weighted by molar-refractivity contribution is 7.99. The number of halogens is 2. The Hall–Kier alpha value is -3.47. The van der Waals surface area contributed by atoms with Crippen molar-refractivity contribution in [2.75, 3.05) is 45.1 Å². The molecule has 0 amide bonds. The maximum atomic E-state index is 13.6. The Kier molecular flexibility index (Phi) is 11.7. The molecule has 7 nitrogen and oxygen atoms in total. The van der Waals surface area contributed by atoms with Gasteiger partial charge in [0.15, 0.2) is 0 Å². The van der Waals surface area contributed by atoms with Crippen LogP contribution in [0.5, 0.6) is 5.75 Å². The molecular formula is C32H36F2N2O5S. The van der Waals surface area contributed by atoms with Crippen molar-refractivity contribution < 1.29 is 33.3 Å². The molecule has 1 fully saturated rings. The number of fused-ring (bicyclic) bond motifs is 1. The van der Waals surface area contributed by atoms with Gasteiger partial charge in [-0.25, -0.2) is 18.4 Å². The van der Waals surface area contributed by atoms with Crippen molar-refractivity contribution in [2.45, 2.75) is 36.6 Å². The molecule has 0 saturated carbocycles. The molecule has 0 aliphatic carbocycles. The average Bonchev–Trinajstić information content (AvgIpc) is 3.00. The van der Waals surface area contributed by atoms with Crippen LogP contribution in [0.15, 0.2) is 71.6 Å². The highest BCUT2D eigenvalue weighted by atomic mass is 32.2. The first-order chi connectivity index (χ1) is 20.3. The summed E-state index contributed by atoms with van der Waals surface area (Å²) in [5.41, 5.74) is 3.51. The van der Waals surface area contributed by atoms with Gasteiger partial charge in [0, 0.05) is 26.2 Å². The highest BCUT2D eigenvalue weighted by Gasteiger charge is 2.26. The van der Waals surface area contributed by atoms with Gasteiger partial charge in [-0.15, -0.1) is 11.8 Å². The fraction of sp³-hybridized carbons (Fsp3) is 0.375. The molecule has 2 aliphatic rings. The molecule has 2 aliphatic heterocycles. The topological polar surface area (TPSA) is 90.3 Å². The highest BCUT2D eigenvalue weighted by Crippen LogP contribution is 2.37. The SMILES string of the molecule is Fc1ccc(C(c2ccc(F)cc2)N2CCN(CCCCOc3cccc4c3SCCC4)CC2)cc1.O=C(O)C(=O)O. The summed E-state index contributed by atoms with van der Waals surface area (Å²) in [5, 5.41) is 14.8. The number of nitrogens with zero attached hydrogens (tertiary/aromatic N) is 2. The lowest BCUT2D eigenvalue weighted by Crippen LogP contribution is -2.48. The summed E-state index contributed by atoms with van der Waals surface area (Å²) >= 11 is 1.93. The Balaban J connectivity index is 0.000000612. The number of aliphatic carboxylic acids is 2. The molecule has 10 heteroatoms. The van der Waals surface area contributed by atoms with Crippen LogP contribution in [0.1, 0.15) is 42.0 Å². The van der Waals surface area contributed by atoms with E-state index in [1.165, 1.54) is 46.9 Å². The van der Waals surface area contributed by atoms with Crippen molar-refractivity contribution in [1.29, 1.82) is 0 Å². The summed E-state index contributed by atoms with van der Waals surface area (Å²) in [7, 11) is 0. The third-order valence-electron chi connectivity index (χ3n) is 7.35. The molecule has 5 rings (SSSR count). The van der Waals surface area contributed by atoms with E-state index in [0.29, 0.717) is 0 Å². The van der Waals surface area contributed by atoms with Crippen molar-refractivity contribution in [2.24, 2.45) is 0 Å². The molecule has 3 aromatic carbocycles. The Morgan fingerprint density at radius 3 is 2.00 bits per heavy atom. The summed E-state index contributed by atoms with van der Waals surface area (Å²) in [6, 6.07) is 19.9. The molecule has 2 N–H and O–H groups in total. The van der Waals surface area contributed by atoms with Gasteiger partial charge in [0.1, 0.15) is 17.4 Å². The number of piperazine rings is 1. The zero-order valence-corrected chi connectivity index (χ0v) is 24.2. The smallest absolute Gasteiger partial charge is 0.414 e. The Morgan fingerprint density at radius 1 is 0.833 bits per heavy atom. The first-order valence-corrected chi connectivity index (χ1v) is 15.1. The van der Waals surface area contributed by atoms with E-state index in [0.717, 1.165) is 75.5 Å². The number of carbonyl (C=O) groups is 2. The Morgan fingerprint density at radius 2 is 1.43 bits per heavy atom. The quantitative estimate of drug-likeness (QED) is 0.239. The number of ether oxygens (including phenoxy) is 1. The molecule has 42 heavy (non-hydrogen) atoms. The van der Waals surface area contributed by atoms with Crippen LogP contribution in [0.4, 0.5) is 8.78 Å². The molecular weight excluding hydrogens is 562 g/mol. The third-order valence-corrected chi connectivity index (χ3v) is 8.59. The van der Waals surface area contributed by atoms with Gasteiger partial charge in [0.05, 0.1) is 17.5 Å². The van der Waals surface area contributed by atoms with Crippen LogP contribution in [0.3, 0.4) is 0 Å². The maximum absolute atomic E-state index is 13.6. The lowest BCUT2D eigenvalue weighted by Gasteiger charge is -2.40. The minimum absolute atomic E-state index is 0.00331. The number of hydrogen-bond donors (Lipinski definition) is 2. The molecule has 224 valence electrons. The van der Waals surface area contributed by atoms with Gasteiger partial charge in [0.2, 0.25) is 0 Å². The van der Waals surface area contributed by atoms with Gasteiger partial charge >= 0.3 is 11.9 Å². The van der Waals surface area contributed by atoms with E-state index in [-0.39, 0.29) is 17.7 Å². The van der Waals surface area contributed by atoms with E-state index in [9.17, 15) is 8.78 Å². The third kappa shape index (κ3) is 9.01. The van der Waals surface area contributed by atoms with Crippen LogP contribution in [0.2, 0.25) is 0 Å². The number of rotatable bonds is 9. The summed E-state index contributed by atoms with van der Waals surface area (Å²) in [6.45, 7) is 5.64. The van der Waals surface area contributed by atoms with Gasteiger partial charge in [0.25, 0.3) is 0 Å². The average molecular weight is 599 g/mol.